The number of nitrogen functional groups attached to an aromatic ring is 1. The van der Waals surface area contributed by atoms with Crippen LogP contribution in [0.1, 0.15) is 47.7 Å². The Bertz CT molecular complexity index is 1580. The predicted octanol–water partition coefficient (Wildman–Crippen LogP) is 5.80. The molecule has 0 atom stereocenters. The number of rotatable bonds is 4. The summed E-state index contributed by atoms with van der Waals surface area (Å²) < 4.78 is 2.15. The molecule has 0 spiro atoms. The highest BCUT2D eigenvalue weighted by atomic mass is 15.1. The van der Waals surface area contributed by atoms with Gasteiger partial charge in [0.2, 0.25) is 0 Å². The van der Waals surface area contributed by atoms with E-state index in [1.807, 2.05) is 12.3 Å². The van der Waals surface area contributed by atoms with Gasteiger partial charge in [0.05, 0.1) is 5.69 Å². The van der Waals surface area contributed by atoms with E-state index in [0.29, 0.717) is 11.7 Å². The summed E-state index contributed by atoms with van der Waals surface area (Å²) in [4.78, 5) is 15.5. The Kier molecular flexibility index (Phi) is 4.87. The Hall–Kier alpha value is -4.06. The number of anilines is 1. The highest BCUT2D eigenvalue weighted by molar-refractivity contribution is 5.91. The van der Waals surface area contributed by atoms with Crippen molar-refractivity contribution in [2.24, 2.45) is 0 Å². The zero-order chi connectivity index (χ0) is 24.2. The molecule has 6 heteroatoms. The minimum Gasteiger partial charge on any atom is -0.382 e. The molecule has 6 nitrogen and oxygen atoms in total. The summed E-state index contributed by atoms with van der Waals surface area (Å²) in [6, 6.07) is 17.4. The quantitative estimate of drug-likeness (QED) is 0.345. The Morgan fingerprint density at radius 1 is 1.03 bits per heavy atom. The van der Waals surface area contributed by atoms with Crippen LogP contribution in [-0.2, 0) is 12.8 Å². The molecule has 1 aliphatic carbocycles. The van der Waals surface area contributed by atoms with Gasteiger partial charge in [-0.3, -0.25) is 4.40 Å². The molecule has 0 saturated carbocycles. The summed E-state index contributed by atoms with van der Waals surface area (Å²) in [6.07, 6.45) is 9.50. The van der Waals surface area contributed by atoms with Crippen molar-refractivity contribution in [3.63, 3.8) is 0 Å². The molecule has 4 heterocycles. The molecule has 2 aliphatic rings. The van der Waals surface area contributed by atoms with Crippen LogP contribution in [0.25, 0.3) is 33.5 Å². The molecule has 0 bridgehead atoms. The van der Waals surface area contributed by atoms with Crippen LogP contribution in [-0.4, -0.2) is 37.3 Å². The number of hydrogen-bond donors (Lipinski definition) is 2. The summed E-state index contributed by atoms with van der Waals surface area (Å²) in [5, 5.41) is 1.16. The summed E-state index contributed by atoms with van der Waals surface area (Å²) in [5.74, 6) is 1.92. The number of para-hydroxylation sites is 1. The number of aromatic amines is 1. The predicted molar refractivity (Wildman–Crippen MR) is 146 cm³/mol. The lowest BCUT2D eigenvalue weighted by Crippen LogP contribution is -2.32. The third-order valence-corrected chi connectivity index (χ3v) is 8.07. The number of nitrogens with one attached hydrogen (secondary N) is 1. The standard InChI is InChI=1S/C30H30N6/c1-19(22-10-9-20-6-4-7-23(20)17-22)35-14-11-21(12-15-35)30-34-27(28-29(31)32-13-16-36(28)30)26-18-24-5-2-3-8-25(24)33-26/h2-3,5,8-10,13,16-18,21,33H,1,4,6-7,11-12,14-15H2,(H2,31,32). The Morgan fingerprint density at radius 3 is 2.72 bits per heavy atom. The molecule has 180 valence electrons. The zero-order valence-corrected chi connectivity index (χ0v) is 20.4. The Labute approximate surface area is 210 Å². The SMILES string of the molecule is C=C(c1ccc2c(c1)CCC2)N1CCC(c2nc(-c3cc4ccccc4[nH]3)c3c(N)nccn23)CC1. The average molecular weight is 475 g/mol. The number of nitrogens with two attached hydrogens (primary N) is 1. The van der Waals surface area contributed by atoms with Crippen LogP contribution in [0.2, 0.25) is 0 Å². The molecule has 0 amide bonds. The molecule has 7 rings (SSSR count). The van der Waals surface area contributed by atoms with Gasteiger partial charge in [-0.25, -0.2) is 9.97 Å². The van der Waals surface area contributed by atoms with Crippen LogP contribution < -0.4 is 5.73 Å². The van der Waals surface area contributed by atoms with Gasteiger partial charge in [-0.2, -0.15) is 0 Å². The van der Waals surface area contributed by atoms with E-state index in [2.05, 4.69) is 68.3 Å². The zero-order valence-electron chi connectivity index (χ0n) is 20.4. The van der Waals surface area contributed by atoms with Crippen molar-refractivity contribution in [2.75, 3.05) is 18.8 Å². The molecule has 5 aromatic rings. The first-order chi connectivity index (χ1) is 17.7. The molecule has 2 aromatic carbocycles. The molecule has 0 radical (unpaired) electrons. The smallest absolute Gasteiger partial charge is 0.150 e. The maximum atomic E-state index is 6.39. The van der Waals surface area contributed by atoms with Crippen molar-refractivity contribution in [1.82, 2.24) is 24.3 Å². The molecule has 3 N–H and O–H groups in total. The lowest BCUT2D eigenvalue weighted by Gasteiger charge is -2.34. The van der Waals surface area contributed by atoms with Gasteiger partial charge in [-0.05, 0) is 67.0 Å². The lowest BCUT2D eigenvalue weighted by molar-refractivity contribution is 0.293. The number of aromatic nitrogens is 4. The van der Waals surface area contributed by atoms with Crippen LogP contribution in [0.4, 0.5) is 5.82 Å². The van der Waals surface area contributed by atoms with E-state index in [1.54, 1.807) is 6.20 Å². The molecule has 0 unspecified atom stereocenters. The van der Waals surface area contributed by atoms with Crippen LogP contribution >= 0.6 is 0 Å². The van der Waals surface area contributed by atoms with Crippen molar-refractivity contribution < 1.29 is 0 Å². The average Bonchev–Trinajstić information content (AvgIpc) is 3.64. The third kappa shape index (κ3) is 3.40. The Balaban J connectivity index is 1.18. The summed E-state index contributed by atoms with van der Waals surface area (Å²) in [5.41, 5.74) is 15.6. The van der Waals surface area contributed by atoms with Gasteiger partial charge in [0.25, 0.3) is 0 Å². The van der Waals surface area contributed by atoms with E-state index in [0.717, 1.165) is 65.3 Å². The van der Waals surface area contributed by atoms with Crippen LogP contribution in [0.15, 0.2) is 67.5 Å². The highest BCUT2D eigenvalue weighted by Crippen LogP contribution is 2.36. The summed E-state index contributed by atoms with van der Waals surface area (Å²) in [7, 11) is 0. The van der Waals surface area contributed by atoms with E-state index in [4.69, 9.17) is 10.7 Å². The third-order valence-electron chi connectivity index (χ3n) is 8.07. The molecular formula is C30H30N6. The number of fused-ring (bicyclic) bond motifs is 3. The number of aryl methyl sites for hydroxylation is 2. The largest absolute Gasteiger partial charge is 0.382 e. The first-order valence-electron chi connectivity index (χ1n) is 12.9. The van der Waals surface area contributed by atoms with Crippen LogP contribution in [0.5, 0.6) is 0 Å². The van der Waals surface area contributed by atoms with E-state index < -0.39 is 0 Å². The van der Waals surface area contributed by atoms with Crippen molar-refractivity contribution in [1.29, 1.82) is 0 Å². The van der Waals surface area contributed by atoms with E-state index in [9.17, 15) is 0 Å². The fourth-order valence-corrected chi connectivity index (χ4v) is 6.11. The van der Waals surface area contributed by atoms with E-state index >= 15 is 0 Å². The van der Waals surface area contributed by atoms with Crippen molar-refractivity contribution in [3.8, 4) is 11.4 Å². The van der Waals surface area contributed by atoms with Crippen molar-refractivity contribution >= 4 is 27.9 Å². The first-order valence-corrected chi connectivity index (χ1v) is 12.9. The molecule has 1 aliphatic heterocycles. The maximum Gasteiger partial charge on any atom is 0.150 e. The number of hydrogen-bond acceptors (Lipinski definition) is 4. The minimum atomic E-state index is 0.349. The topological polar surface area (TPSA) is 75.2 Å². The number of piperidine rings is 1. The van der Waals surface area contributed by atoms with Gasteiger partial charge >= 0.3 is 0 Å². The molecule has 1 fully saturated rings. The van der Waals surface area contributed by atoms with Gasteiger partial charge in [0, 0.05) is 48.0 Å². The van der Waals surface area contributed by atoms with Gasteiger partial charge in [0.1, 0.15) is 22.9 Å². The second kappa shape index (κ2) is 8.26. The highest BCUT2D eigenvalue weighted by Gasteiger charge is 2.28. The van der Waals surface area contributed by atoms with Gasteiger partial charge in [-0.15, -0.1) is 0 Å². The molecule has 3 aromatic heterocycles. The molecular weight excluding hydrogens is 444 g/mol. The van der Waals surface area contributed by atoms with Gasteiger partial charge in [-0.1, -0.05) is 36.9 Å². The number of imidazole rings is 1. The number of benzene rings is 2. The Morgan fingerprint density at radius 2 is 1.86 bits per heavy atom. The first kappa shape index (κ1) is 21.2. The second-order valence-electron chi connectivity index (χ2n) is 10.2. The minimum absolute atomic E-state index is 0.349. The fraction of sp³-hybridized carbons (Fsp3) is 0.267. The van der Waals surface area contributed by atoms with E-state index in [1.165, 1.54) is 36.0 Å². The van der Waals surface area contributed by atoms with Gasteiger partial charge in [0.15, 0.2) is 0 Å². The normalized spacial score (nSPS) is 16.2. The fourth-order valence-electron chi connectivity index (χ4n) is 6.11. The number of likely N-dealkylation sites (tertiary alicyclic amines) is 1. The summed E-state index contributed by atoms with van der Waals surface area (Å²) >= 11 is 0. The number of nitrogens with zero attached hydrogens (tertiary/aromatic N) is 4. The molecule has 1 saturated heterocycles. The van der Waals surface area contributed by atoms with Crippen LogP contribution in [0.3, 0.4) is 0 Å². The van der Waals surface area contributed by atoms with Crippen LogP contribution in [0, 0.1) is 0 Å². The summed E-state index contributed by atoms with van der Waals surface area (Å²) in [6.45, 7) is 6.41. The van der Waals surface area contributed by atoms with E-state index in [-0.39, 0.29) is 0 Å². The van der Waals surface area contributed by atoms with Gasteiger partial charge < -0.3 is 15.6 Å². The number of H-pyrrole nitrogens is 1. The maximum absolute atomic E-state index is 6.39. The van der Waals surface area contributed by atoms with Crippen molar-refractivity contribution in [3.05, 3.63) is 90.0 Å². The monoisotopic (exact) mass is 474 g/mol. The molecule has 36 heavy (non-hydrogen) atoms. The lowest BCUT2D eigenvalue weighted by atomic mass is 9.94. The van der Waals surface area contributed by atoms with Crippen molar-refractivity contribution in [2.45, 2.75) is 38.0 Å². The second-order valence-corrected chi connectivity index (χ2v) is 10.2.